The minimum absolute atomic E-state index is 0.513. The van der Waals surface area contributed by atoms with Gasteiger partial charge in [0.15, 0.2) is 0 Å². The Morgan fingerprint density at radius 2 is 1.26 bits per heavy atom. The van der Waals surface area contributed by atoms with Gasteiger partial charge in [-0.25, -0.2) is 0 Å². The lowest BCUT2D eigenvalue weighted by Gasteiger charge is -2.43. The SMILES string of the molecule is C1=CC2CCC(OC3CCC4C=CCC3S4)C(C1)S2. The van der Waals surface area contributed by atoms with E-state index in [9.17, 15) is 0 Å². The zero-order valence-corrected chi connectivity index (χ0v) is 12.9. The molecular weight excluding hydrogens is 272 g/mol. The van der Waals surface area contributed by atoms with Gasteiger partial charge in [0.05, 0.1) is 12.2 Å². The van der Waals surface area contributed by atoms with Gasteiger partial charge >= 0.3 is 0 Å². The van der Waals surface area contributed by atoms with Gasteiger partial charge in [-0.2, -0.15) is 0 Å². The highest BCUT2D eigenvalue weighted by Crippen LogP contribution is 2.44. The van der Waals surface area contributed by atoms with E-state index >= 15 is 0 Å². The van der Waals surface area contributed by atoms with Gasteiger partial charge < -0.3 is 4.74 Å². The van der Waals surface area contributed by atoms with E-state index in [2.05, 4.69) is 47.8 Å². The van der Waals surface area contributed by atoms with E-state index in [4.69, 9.17) is 4.74 Å². The molecule has 2 fully saturated rings. The molecule has 4 aliphatic rings. The van der Waals surface area contributed by atoms with Crippen LogP contribution in [0, 0.1) is 0 Å². The molecule has 0 amide bonds. The van der Waals surface area contributed by atoms with Gasteiger partial charge in [-0.3, -0.25) is 0 Å². The first-order valence-electron chi connectivity index (χ1n) is 7.68. The first kappa shape index (κ1) is 12.8. The van der Waals surface area contributed by atoms with Gasteiger partial charge in [-0.1, -0.05) is 24.3 Å². The number of thioether (sulfide) groups is 2. The maximum absolute atomic E-state index is 6.59. The fourth-order valence-electron chi connectivity index (χ4n) is 3.75. The fourth-order valence-corrected chi connectivity index (χ4v) is 6.79. The Kier molecular flexibility index (Phi) is 3.72. The van der Waals surface area contributed by atoms with Crippen LogP contribution in [0.3, 0.4) is 0 Å². The number of ether oxygens (including phenoxy) is 1. The third-order valence-electron chi connectivity index (χ3n) is 4.79. The molecule has 4 bridgehead atoms. The van der Waals surface area contributed by atoms with Crippen molar-refractivity contribution in [3.63, 3.8) is 0 Å². The lowest BCUT2D eigenvalue weighted by atomic mass is 9.98. The van der Waals surface area contributed by atoms with E-state index in [0.29, 0.717) is 12.2 Å². The Labute approximate surface area is 124 Å². The molecule has 0 aromatic rings. The molecule has 4 aliphatic heterocycles. The zero-order chi connectivity index (χ0) is 12.7. The standard InChI is InChI=1S/C16H22OS2/c1-3-11-7-9-13(15(5-1)18-11)17-14-10-8-12-4-2-6-16(14)19-12/h1-4,11-16H,5-10H2. The zero-order valence-electron chi connectivity index (χ0n) is 11.2. The van der Waals surface area contributed by atoms with Crippen molar-refractivity contribution in [1.29, 1.82) is 0 Å². The van der Waals surface area contributed by atoms with Crippen molar-refractivity contribution in [3.05, 3.63) is 24.3 Å². The number of allylic oxidation sites excluding steroid dienone is 2. The smallest absolute Gasteiger partial charge is 0.0701 e. The van der Waals surface area contributed by atoms with Crippen LogP contribution < -0.4 is 0 Å². The maximum Gasteiger partial charge on any atom is 0.0701 e. The molecule has 6 atom stereocenters. The van der Waals surface area contributed by atoms with Crippen LogP contribution in [0.5, 0.6) is 0 Å². The van der Waals surface area contributed by atoms with Crippen LogP contribution in [0.2, 0.25) is 0 Å². The first-order chi connectivity index (χ1) is 9.38. The van der Waals surface area contributed by atoms with E-state index in [1.54, 1.807) is 0 Å². The van der Waals surface area contributed by atoms with Crippen LogP contribution in [0.15, 0.2) is 24.3 Å². The summed E-state index contributed by atoms with van der Waals surface area (Å²) in [5.74, 6) is 0. The molecule has 0 saturated carbocycles. The number of hydrogen-bond acceptors (Lipinski definition) is 3. The largest absolute Gasteiger partial charge is 0.373 e. The monoisotopic (exact) mass is 294 g/mol. The molecule has 0 spiro atoms. The molecule has 0 N–H and O–H groups in total. The first-order valence-corrected chi connectivity index (χ1v) is 9.57. The summed E-state index contributed by atoms with van der Waals surface area (Å²) in [5.41, 5.74) is 0. The van der Waals surface area contributed by atoms with Crippen molar-refractivity contribution < 1.29 is 4.74 Å². The Morgan fingerprint density at radius 3 is 1.79 bits per heavy atom. The normalized spacial score (nSPS) is 48.2. The molecular formula is C16H22OS2. The van der Waals surface area contributed by atoms with Crippen LogP contribution in [-0.4, -0.2) is 33.2 Å². The van der Waals surface area contributed by atoms with Crippen molar-refractivity contribution in [1.82, 2.24) is 0 Å². The molecule has 19 heavy (non-hydrogen) atoms. The summed E-state index contributed by atoms with van der Waals surface area (Å²) in [7, 11) is 0. The molecule has 1 nitrogen and oxygen atoms in total. The minimum atomic E-state index is 0.513. The van der Waals surface area contributed by atoms with E-state index in [-0.39, 0.29) is 0 Å². The molecule has 0 aromatic heterocycles. The third kappa shape index (κ3) is 2.66. The predicted molar refractivity (Wildman–Crippen MR) is 85.0 cm³/mol. The molecule has 3 heteroatoms. The Balaban J connectivity index is 1.41. The lowest BCUT2D eigenvalue weighted by molar-refractivity contribution is -0.0271. The summed E-state index contributed by atoms with van der Waals surface area (Å²) in [6.07, 6.45) is 18.2. The van der Waals surface area contributed by atoms with E-state index in [0.717, 1.165) is 21.0 Å². The van der Waals surface area contributed by atoms with Gasteiger partial charge in [0.25, 0.3) is 0 Å². The summed E-state index contributed by atoms with van der Waals surface area (Å²) in [6, 6.07) is 0. The van der Waals surface area contributed by atoms with E-state index in [1.807, 2.05) is 0 Å². The van der Waals surface area contributed by atoms with Crippen molar-refractivity contribution >= 4 is 23.5 Å². The fraction of sp³-hybridized carbons (Fsp3) is 0.750. The van der Waals surface area contributed by atoms with Gasteiger partial charge in [0.1, 0.15) is 0 Å². The van der Waals surface area contributed by atoms with Gasteiger partial charge in [-0.15, -0.1) is 23.5 Å². The van der Waals surface area contributed by atoms with Gasteiger partial charge in [0.2, 0.25) is 0 Å². The summed E-state index contributed by atoms with van der Waals surface area (Å²) in [5, 5.41) is 3.01. The van der Waals surface area contributed by atoms with Gasteiger partial charge in [-0.05, 0) is 38.5 Å². The maximum atomic E-state index is 6.59. The molecule has 6 unspecified atom stereocenters. The average Bonchev–Trinajstić information content (AvgIpc) is 2.45. The molecule has 104 valence electrons. The summed E-state index contributed by atoms with van der Waals surface area (Å²) < 4.78 is 6.59. The summed E-state index contributed by atoms with van der Waals surface area (Å²) in [4.78, 5) is 0. The van der Waals surface area contributed by atoms with Crippen LogP contribution in [0.1, 0.15) is 38.5 Å². The van der Waals surface area contributed by atoms with Crippen molar-refractivity contribution in [2.45, 2.75) is 71.7 Å². The molecule has 4 rings (SSSR count). The number of rotatable bonds is 2. The quantitative estimate of drug-likeness (QED) is 0.707. The highest BCUT2D eigenvalue weighted by molar-refractivity contribution is 8.01. The van der Waals surface area contributed by atoms with Crippen molar-refractivity contribution in [2.75, 3.05) is 0 Å². The predicted octanol–water partition coefficient (Wildman–Crippen LogP) is 4.19. The second-order valence-corrected chi connectivity index (χ2v) is 9.09. The van der Waals surface area contributed by atoms with Crippen LogP contribution >= 0.6 is 23.5 Å². The summed E-state index contributed by atoms with van der Waals surface area (Å²) >= 11 is 4.32. The topological polar surface area (TPSA) is 9.23 Å². The Morgan fingerprint density at radius 1 is 0.737 bits per heavy atom. The third-order valence-corrected chi connectivity index (χ3v) is 7.96. The lowest BCUT2D eigenvalue weighted by Crippen LogP contribution is -2.42. The van der Waals surface area contributed by atoms with E-state index in [1.165, 1.54) is 38.5 Å². The van der Waals surface area contributed by atoms with Crippen molar-refractivity contribution in [2.24, 2.45) is 0 Å². The molecule has 0 radical (unpaired) electrons. The summed E-state index contributed by atoms with van der Waals surface area (Å²) in [6.45, 7) is 0. The minimum Gasteiger partial charge on any atom is -0.373 e. The molecule has 4 heterocycles. The van der Waals surface area contributed by atoms with E-state index < -0.39 is 0 Å². The number of hydrogen-bond donors (Lipinski definition) is 0. The van der Waals surface area contributed by atoms with Crippen LogP contribution in [0.4, 0.5) is 0 Å². The average molecular weight is 294 g/mol. The molecule has 0 aromatic carbocycles. The highest BCUT2D eigenvalue weighted by Gasteiger charge is 2.38. The Bertz CT molecular complexity index is 356. The molecule has 2 saturated heterocycles. The van der Waals surface area contributed by atoms with Crippen molar-refractivity contribution in [3.8, 4) is 0 Å². The molecule has 0 aliphatic carbocycles. The second kappa shape index (κ2) is 5.50. The second-order valence-electron chi connectivity index (χ2n) is 6.12. The van der Waals surface area contributed by atoms with Crippen LogP contribution in [0.25, 0.3) is 0 Å². The number of fused-ring (bicyclic) bond motifs is 4. The highest BCUT2D eigenvalue weighted by atomic mass is 32.2. The Hall–Kier alpha value is 0.140. The van der Waals surface area contributed by atoms with Gasteiger partial charge in [0, 0.05) is 21.0 Å². The van der Waals surface area contributed by atoms with Crippen LogP contribution in [-0.2, 0) is 4.74 Å².